The van der Waals surface area contributed by atoms with Crippen LogP contribution in [0.1, 0.15) is 30.6 Å². The minimum Gasteiger partial charge on any atom is -0.333 e. The fraction of sp³-hybridized carbons (Fsp3) is 0.125. The Bertz CT molecular complexity index is 976. The average molecular weight is 403 g/mol. The fourth-order valence-electron chi connectivity index (χ4n) is 2.52. The van der Waals surface area contributed by atoms with Crippen molar-refractivity contribution in [3.05, 3.63) is 96.2 Å². The Morgan fingerprint density at radius 1 is 0.867 bits per heavy atom. The number of rotatable bonds is 8. The molecule has 0 heterocycles. The molecule has 2 aromatic rings. The topological polar surface area (TPSA) is 87.3 Å². The first-order valence-corrected chi connectivity index (χ1v) is 9.54. The minimum absolute atomic E-state index is 0.0740. The van der Waals surface area contributed by atoms with Gasteiger partial charge in [-0.2, -0.15) is 0 Å². The smallest absolute Gasteiger partial charge is 0.255 e. The van der Waals surface area contributed by atoms with Crippen molar-refractivity contribution in [1.29, 1.82) is 0 Å². The van der Waals surface area contributed by atoms with E-state index in [0.29, 0.717) is 22.5 Å². The normalized spacial score (nSPS) is 11.5. The monoisotopic (exact) mass is 403 g/mol. The highest BCUT2D eigenvalue weighted by atomic mass is 16.2. The van der Waals surface area contributed by atoms with E-state index in [1.165, 1.54) is 0 Å². The molecule has 0 spiro atoms. The summed E-state index contributed by atoms with van der Waals surface area (Å²) in [6, 6.07) is 15.7. The second-order valence-electron chi connectivity index (χ2n) is 6.29. The molecular formula is C24H25N3O3. The fourth-order valence-corrected chi connectivity index (χ4v) is 2.52. The third-order valence-electron chi connectivity index (χ3n) is 3.94. The first-order valence-electron chi connectivity index (χ1n) is 9.54. The second-order valence-corrected chi connectivity index (χ2v) is 6.29. The molecule has 0 unspecified atom stereocenters. The van der Waals surface area contributed by atoms with E-state index >= 15 is 0 Å². The van der Waals surface area contributed by atoms with E-state index in [1.807, 2.05) is 6.07 Å². The lowest BCUT2D eigenvalue weighted by Crippen LogP contribution is -2.17. The third-order valence-corrected chi connectivity index (χ3v) is 3.94. The molecule has 2 aromatic carbocycles. The van der Waals surface area contributed by atoms with Gasteiger partial charge in [-0.15, -0.1) is 0 Å². The molecule has 0 saturated carbocycles. The van der Waals surface area contributed by atoms with Gasteiger partial charge >= 0.3 is 0 Å². The van der Waals surface area contributed by atoms with Gasteiger partial charge in [-0.05, 0) is 50.4 Å². The lowest BCUT2D eigenvalue weighted by Gasteiger charge is -2.10. The SMILES string of the molecule is C/C=C\C(=C/CC(=O)N/C=C/C)C(=O)Nc1cccc(NC(=O)c2ccccc2)c1. The average Bonchev–Trinajstić information content (AvgIpc) is 2.75. The molecule has 0 fully saturated rings. The second kappa shape index (κ2) is 11.8. The summed E-state index contributed by atoms with van der Waals surface area (Å²) in [6.45, 7) is 3.59. The van der Waals surface area contributed by atoms with Crippen LogP contribution in [0, 0.1) is 0 Å². The predicted molar refractivity (Wildman–Crippen MR) is 120 cm³/mol. The van der Waals surface area contributed by atoms with Crippen molar-refractivity contribution >= 4 is 29.1 Å². The highest BCUT2D eigenvalue weighted by Crippen LogP contribution is 2.17. The van der Waals surface area contributed by atoms with Gasteiger partial charge in [0.25, 0.3) is 11.8 Å². The molecule has 6 heteroatoms. The van der Waals surface area contributed by atoms with Crippen LogP contribution in [0.25, 0.3) is 0 Å². The molecule has 6 nitrogen and oxygen atoms in total. The van der Waals surface area contributed by atoms with E-state index in [-0.39, 0.29) is 24.1 Å². The van der Waals surface area contributed by atoms with Crippen LogP contribution >= 0.6 is 0 Å². The third kappa shape index (κ3) is 7.24. The maximum atomic E-state index is 12.6. The summed E-state index contributed by atoms with van der Waals surface area (Å²) in [4.78, 5) is 36.7. The van der Waals surface area contributed by atoms with Crippen molar-refractivity contribution in [2.45, 2.75) is 20.3 Å². The van der Waals surface area contributed by atoms with Gasteiger partial charge in [-0.25, -0.2) is 0 Å². The number of hydrogen-bond acceptors (Lipinski definition) is 3. The number of carbonyl (C=O) groups excluding carboxylic acids is 3. The minimum atomic E-state index is -0.349. The molecule has 2 rings (SSSR count). The van der Waals surface area contributed by atoms with E-state index in [2.05, 4.69) is 16.0 Å². The molecule has 0 radical (unpaired) electrons. The molecule has 3 amide bonds. The Kier molecular flexibility index (Phi) is 8.80. The Hall–Kier alpha value is -3.93. The lowest BCUT2D eigenvalue weighted by molar-refractivity contribution is -0.119. The number of anilines is 2. The molecule has 30 heavy (non-hydrogen) atoms. The summed E-state index contributed by atoms with van der Waals surface area (Å²) in [5, 5.41) is 8.20. The summed E-state index contributed by atoms with van der Waals surface area (Å²) in [5.74, 6) is -0.798. The van der Waals surface area contributed by atoms with Crippen molar-refractivity contribution in [2.24, 2.45) is 0 Å². The summed E-state index contributed by atoms with van der Waals surface area (Å²) >= 11 is 0. The Labute approximate surface area is 176 Å². The van der Waals surface area contributed by atoms with Crippen LogP contribution in [0.2, 0.25) is 0 Å². The molecule has 3 N–H and O–H groups in total. The standard InChI is InChI=1S/C24H25N3O3/c1-3-9-18(14-15-22(28)25-16-4-2)23(29)26-20-12-8-13-21(17-20)27-24(30)19-10-6-5-7-11-19/h3-14,16-17H,15H2,1-2H3,(H,25,28)(H,26,29)(H,27,30)/b9-3-,16-4+,18-14+. The summed E-state index contributed by atoms with van der Waals surface area (Å²) in [5.41, 5.74) is 2.00. The number of benzene rings is 2. The zero-order valence-corrected chi connectivity index (χ0v) is 17.0. The molecule has 0 aliphatic heterocycles. The van der Waals surface area contributed by atoms with E-state index in [1.54, 1.807) is 92.9 Å². The van der Waals surface area contributed by atoms with Gasteiger partial charge in [0.15, 0.2) is 0 Å². The van der Waals surface area contributed by atoms with Crippen LogP contribution in [0.15, 0.2) is 90.7 Å². The van der Waals surface area contributed by atoms with E-state index in [0.717, 1.165) is 0 Å². The van der Waals surface area contributed by atoms with E-state index in [9.17, 15) is 14.4 Å². The number of amides is 3. The number of nitrogens with one attached hydrogen (secondary N) is 3. The van der Waals surface area contributed by atoms with Crippen LogP contribution in [-0.4, -0.2) is 17.7 Å². The quantitative estimate of drug-likeness (QED) is 0.450. The molecule has 0 atom stereocenters. The van der Waals surface area contributed by atoms with Crippen molar-refractivity contribution in [2.75, 3.05) is 10.6 Å². The van der Waals surface area contributed by atoms with Crippen molar-refractivity contribution in [3.8, 4) is 0 Å². The summed E-state index contributed by atoms with van der Waals surface area (Å²) < 4.78 is 0. The van der Waals surface area contributed by atoms with Crippen LogP contribution in [-0.2, 0) is 9.59 Å². The van der Waals surface area contributed by atoms with Gasteiger partial charge in [-0.1, -0.05) is 48.6 Å². The van der Waals surface area contributed by atoms with Gasteiger partial charge in [0.05, 0.1) is 0 Å². The van der Waals surface area contributed by atoms with E-state index in [4.69, 9.17) is 0 Å². The van der Waals surface area contributed by atoms with Gasteiger partial charge in [0.2, 0.25) is 5.91 Å². The predicted octanol–water partition coefficient (Wildman–Crippen LogP) is 4.42. The highest BCUT2D eigenvalue weighted by Gasteiger charge is 2.10. The van der Waals surface area contributed by atoms with Crippen molar-refractivity contribution in [3.63, 3.8) is 0 Å². The molecule has 0 bridgehead atoms. The van der Waals surface area contributed by atoms with Gasteiger partial charge < -0.3 is 16.0 Å². The zero-order chi connectivity index (χ0) is 21.8. The van der Waals surface area contributed by atoms with Gasteiger partial charge in [0.1, 0.15) is 0 Å². The highest BCUT2D eigenvalue weighted by molar-refractivity contribution is 6.07. The van der Waals surface area contributed by atoms with Crippen LogP contribution in [0.3, 0.4) is 0 Å². The first-order chi connectivity index (χ1) is 14.5. The van der Waals surface area contributed by atoms with Crippen LogP contribution in [0.4, 0.5) is 11.4 Å². The zero-order valence-electron chi connectivity index (χ0n) is 17.0. The van der Waals surface area contributed by atoms with E-state index < -0.39 is 0 Å². The van der Waals surface area contributed by atoms with Gasteiger partial charge in [-0.3, -0.25) is 14.4 Å². The number of hydrogen-bond donors (Lipinski definition) is 3. The Morgan fingerprint density at radius 2 is 1.57 bits per heavy atom. The van der Waals surface area contributed by atoms with Crippen molar-refractivity contribution in [1.82, 2.24) is 5.32 Å². The Balaban J connectivity index is 2.06. The molecule has 0 aromatic heterocycles. The lowest BCUT2D eigenvalue weighted by atomic mass is 10.1. The maximum absolute atomic E-state index is 12.6. The molecule has 0 saturated heterocycles. The largest absolute Gasteiger partial charge is 0.333 e. The van der Waals surface area contributed by atoms with Crippen LogP contribution in [0.5, 0.6) is 0 Å². The number of allylic oxidation sites excluding steroid dienone is 2. The molecular weight excluding hydrogens is 378 g/mol. The van der Waals surface area contributed by atoms with Crippen LogP contribution < -0.4 is 16.0 Å². The molecule has 154 valence electrons. The maximum Gasteiger partial charge on any atom is 0.255 e. The summed E-state index contributed by atoms with van der Waals surface area (Å²) in [7, 11) is 0. The Morgan fingerprint density at radius 3 is 2.23 bits per heavy atom. The van der Waals surface area contributed by atoms with Gasteiger partial charge in [0, 0.05) is 28.9 Å². The molecule has 0 aliphatic carbocycles. The number of carbonyl (C=O) groups is 3. The first kappa shape index (κ1) is 22.4. The summed E-state index contributed by atoms with van der Waals surface area (Å²) in [6.07, 6.45) is 8.26. The molecule has 0 aliphatic rings. The van der Waals surface area contributed by atoms with Crippen molar-refractivity contribution < 1.29 is 14.4 Å².